The number of carbonyl (C=O) groups excluding carboxylic acids is 1. The lowest BCUT2D eigenvalue weighted by Crippen LogP contribution is -2.05. The number of carboxylic acids is 1. The highest BCUT2D eigenvalue weighted by Crippen LogP contribution is 2.33. The van der Waals surface area contributed by atoms with Crippen molar-refractivity contribution in [2.45, 2.75) is 6.61 Å². The van der Waals surface area contributed by atoms with Crippen molar-refractivity contribution in [3.05, 3.63) is 53.6 Å². The van der Waals surface area contributed by atoms with Crippen LogP contribution in [-0.4, -0.2) is 30.8 Å². The van der Waals surface area contributed by atoms with E-state index in [1.807, 2.05) is 0 Å². The maximum absolute atomic E-state index is 12.4. The Bertz CT molecular complexity index is 743. The van der Waals surface area contributed by atoms with E-state index in [2.05, 4.69) is 9.47 Å². The molecule has 8 heteroatoms. The molecule has 0 aliphatic carbocycles. The summed E-state index contributed by atoms with van der Waals surface area (Å²) in [4.78, 5) is 22.3. The molecule has 0 spiro atoms. The maximum Gasteiger partial charge on any atom is 0.387 e. The Kier molecular flexibility index (Phi) is 5.31. The molecule has 6 nitrogen and oxygen atoms in total. The summed E-state index contributed by atoms with van der Waals surface area (Å²) in [7, 11) is 1.23. The molecule has 0 bridgehead atoms. The average Bonchev–Trinajstić information content (AvgIpc) is 2.55. The molecule has 0 radical (unpaired) electrons. The highest BCUT2D eigenvalue weighted by molar-refractivity contribution is 5.89. The molecule has 24 heavy (non-hydrogen) atoms. The molecule has 0 saturated heterocycles. The van der Waals surface area contributed by atoms with Crippen LogP contribution >= 0.6 is 0 Å². The zero-order valence-corrected chi connectivity index (χ0v) is 12.4. The smallest absolute Gasteiger partial charge is 0.387 e. The molecule has 0 unspecified atom stereocenters. The third kappa shape index (κ3) is 4.19. The van der Waals surface area contributed by atoms with Gasteiger partial charge in [-0.15, -0.1) is 0 Å². The molecule has 0 fully saturated rings. The van der Waals surface area contributed by atoms with E-state index in [1.165, 1.54) is 31.4 Å². The van der Waals surface area contributed by atoms with E-state index in [9.17, 15) is 18.4 Å². The summed E-state index contributed by atoms with van der Waals surface area (Å²) in [6, 6.07) is 8.90. The second-order valence-electron chi connectivity index (χ2n) is 4.46. The van der Waals surface area contributed by atoms with Crippen molar-refractivity contribution in [1.82, 2.24) is 0 Å². The topological polar surface area (TPSA) is 82.1 Å². The van der Waals surface area contributed by atoms with Gasteiger partial charge in [-0.1, -0.05) is 0 Å². The SMILES string of the molecule is COC(=O)c1ccc(Oc2cc(C(=O)O)ccc2OC(F)F)cc1. The van der Waals surface area contributed by atoms with E-state index >= 15 is 0 Å². The standard InChI is InChI=1S/C16H12F2O6/c1-22-15(21)9-2-5-11(6-3-9)23-13-8-10(14(19)20)4-7-12(13)24-16(17)18/h2-8,16H,1H3,(H,19,20). The van der Waals surface area contributed by atoms with E-state index in [4.69, 9.17) is 9.84 Å². The minimum Gasteiger partial charge on any atom is -0.478 e. The lowest BCUT2D eigenvalue weighted by atomic mass is 10.2. The Morgan fingerprint density at radius 3 is 2.17 bits per heavy atom. The van der Waals surface area contributed by atoms with Gasteiger partial charge < -0.3 is 19.3 Å². The molecule has 0 atom stereocenters. The maximum atomic E-state index is 12.4. The van der Waals surface area contributed by atoms with Crippen molar-refractivity contribution >= 4 is 11.9 Å². The van der Waals surface area contributed by atoms with Crippen LogP contribution < -0.4 is 9.47 Å². The van der Waals surface area contributed by atoms with Crippen LogP contribution in [0.1, 0.15) is 20.7 Å². The summed E-state index contributed by atoms with van der Waals surface area (Å²) >= 11 is 0. The number of carbonyl (C=O) groups is 2. The number of hydrogen-bond donors (Lipinski definition) is 1. The number of methoxy groups -OCH3 is 1. The van der Waals surface area contributed by atoms with Crippen molar-refractivity contribution in [3.63, 3.8) is 0 Å². The molecule has 2 rings (SSSR count). The third-order valence-electron chi connectivity index (χ3n) is 2.91. The minimum atomic E-state index is -3.09. The first-order valence-corrected chi connectivity index (χ1v) is 6.59. The Morgan fingerprint density at radius 1 is 1.00 bits per heavy atom. The first-order chi connectivity index (χ1) is 11.4. The zero-order chi connectivity index (χ0) is 17.7. The Hall–Kier alpha value is -3.16. The molecule has 126 valence electrons. The van der Waals surface area contributed by atoms with Gasteiger partial charge >= 0.3 is 18.6 Å². The molecule has 0 saturated carbocycles. The first kappa shape index (κ1) is 17.2. The van der Waals surface area contributed by atoms with Gasteiger partial charge in [0, 0.05) is 0 Å². The molecule has 0 heterocycles. The average molecular weight is 338 g/mol. The predicted molar refractivity (Wildman–Crippen MR) is 77.9 cm³/mol. The number of rotatable bonds is 6. The van der Waals surface area contributed by atoms with Crippen LogP contribution in [-0.2, 0) is 4.74 Å². The fraction of sp³-hybridized carbons (Fsp3) is 0.125. The number of hydrogen-bond acceptors (Lipinski definition) is 5. The van der Waals surface area contributed by atoms with Gasteiger partial charge in [0.2, 0.25) is 0 Å². The summed E-state index contributed by atoms with van der Waals surface area (Å²) in [6.07, 6.45) is 0. The zero-order valence-electron chi connectivity index (χ0n) is 12.4. The first-order valence-electron chi connectivity index (χ1n) is 6.59. The van der Waals surface area contributed by atoms with Gasteiger partial charge in [0.1, 0.15) is 5.75 Å². The molecular formula is C16H12F2O6. The number of halogens is 2. The molecular weight excluding hydrogens is 326 g/mol. The highest BCUT2D eigenvalue weighted by atomic mass is 19.3. The van der Waals surface area contributed by atoms with Crippen molar-refractivity contribution < 1.29 is 37.7 Å². The largest absolute Gasteiger partial charge is 0.478 e. The molecule has 0 aromatic heterocycles. The monoisotopic (exact) mass is 338 g/mol. The number of ether oxygens (including phenoxy) is 3. The van der Waals surface area contributed by atoms with E-state index in [0.717, 1.165) is 18.2 Å². The van der Waals surface area contributed by atoms with E-state index in [0.29, 0.717) is 0 Å². The quantitative estimate of drug-likeness (QED) is 0.811. The van der Waals surface area contributed by atoms with Gasteiger partial charge in [-0.2, -0.15) is 8.78 Å². The second-order valence-corrected chi connectivity index (χ2v) is 4.46. The summed E-state index contributed by atoms with van der Waals surface area (Å²) in [5.74, 6) is -2.10. The molecule has 2 aromatic rings. The van der Waals surface area contributed by atoms with Gasteiger partial charge in [0.15, 0.2) is 11.5 Å². The minimum absolute atomic E-state index is 0.155. The van der Waals surface area contributed by atoms with Crippen molar-refractivity contribution in [1.29, 1.82) is 0 Å². The van der Waals surface area contributed by atoms with E-state index in [1.54, 1.807) is 0 Å². The van der Waals surface area contributed by atoms with Crippen LogP contribution in [0, 0.1) is 0 Å². The number of benzene rings is 2. The number of alkyl halides is 2. The third-order valence-corrected chi connectivity index (χ3v) is 2.91. The lowest BCUT2D eigenvalue weighted by molar-refractivity contribution is -0.0510. The lowest BCUT2D eigenvalue weighted by Gasteiger charge is -2.13. The van der Waals surface area contributed by atoms with E-state index < -0.39 is 18.6 Å². The highest BCUT2D eigenvalue weighted by Gasteiger charge is 2.15. The van der Waals surface area contributed by atoms with Crippen molar-refractivity contribution in [2.75, 3.05) is 7.11 Å². The van der Waals surface area contributed by atoms with Gasteiger partial charge in [-0.3, -0.25) is 0 Å². The van der Waals surface area contributed by atoms with Crippen LogP contribution in [0.5, 0.6) is 17.2 Å². The summed E-state index contributed by atoms with van der Waals surface area (Å²) in [5.41, 5.74) is 0.117. The van der Waals surface area contributed by atoms with Gasteiger partial charge in [0.25, 0.3) is 0 Å². The fourth-order valence-corrected chi connectivity index (χ4v) is 1.82. The van der Waals surface area contributed by atoms with Crippen molar-refractivity contribution in [3.8, 4) is 17.2 Å². The van der Waals surface area contributed by atoms with Crippen LogP contribution in [0.25, 0.3) is 0 Å². The molecule has 0 aliphatic heterocycles. The van der Waals surface area contributed by atoms with Crippen LogP contribution in [0.4, 0.5) is 8.78 Å². The van der Waals surface area contributed by atoms with Crippen LogP contribution in [0.15, 0.2) is 42.5 Å². The predicted octanol–water partition coefficient (Wildman–Crippen LogP) is 3.57. The number of esters is 1. The van der Waals surface area contributed by atoms with Gasteiger partial charge in [-0.25, -0.2) is 9.59 Å². The normalized spacial score (nSPS) is 10.3. The van der Waals surface area contributed by atoms with Crippen LogP contribution in [0.3, 0.4) is 0 Å². The molecule has 1 N–H and O–H groups in total. The summed E-state index contributed by atoms with van der Waals surface area (Å²) < 4.78 is 39.1. The molecule has 2 aromatic carbocycles. The van der Waals surface area contributed by atoms with E-state index in [-0.39, 0.29) is 28.4 Å². The summed E-state index contributed by atoms with van der Waals surface area (Å²) in [5, 5.41) is 8.98. The van der Waals surface area contributed by atoms with Crippen LogP contribution in [0.2, 0.25) is 0 Å². The van der Waals surface area contributed by atoms with Gasteiger partial charge in [-0.05, 0) is 42.5 Å². The van der Waals surface area contributed by atoms with Crippen molar-refractivity contribution in [2.24, 2.45) is 0 Å². The molecule has 0 amide bonds. The fourth-order valence-electron chi connectivity index (χ4n) is 1.82. The van der Waals surface area contributed by atoms with Gasteiger partial charge in [0.05, 0.1) is 18.2 Å². The molecule has 0 aliphatic rings. The Morgan fingerprint density at radius 2 is 1.62 bits per heavy atom. The summed E-state index contributed by atoms with van der Waals surface area (Å²) in [6.45, 7) is -3.09. The number of carboxylic acid groups (broad SMARTS) is 1. The second kappa shape index (κ2) is 7.40. The number of aromatic carboxylic acids is 1. The Balaban J connectivity index is 2.30. The Labute approximate surface area is 135 Å².